The van der Waals surface area contributed by atoms with E-state index in [1.807, 2.05) is 6.07 Å². The van der Waals surface area contributed by atoms with Crippen LogP contribution in [-0.4, -0.2) is 9.55 Å². The monoisotopic (exact) mass is 281 g/mol. The molecule has 0 aliphatic heterocycles. The van der Waals surface area contributed by atoms with Crippen LogP contribution in [0.5, 0.6) is 0 Å². The number of aromatic nitrogens is 2. The Morgan fingerprint density at radius 3 is 2.81 bits per heavy atom. The van der Waals surface area contributed by atoms with Gasteiger partial charge in [0, 0.05) is 13.0 Å². The van der Waals surface area contributed by atoms with Crippen molar-refractivity contribution in [2.24, 2.45) is 5.92 Å². The topological polar surface area (TPSA) is 41.6 Å². The van der Waals surface area contributed by atoms with Crippen LogP contribution in [0.25, 0.3) is 11.0 Å². The Hall–Kier alpha value is -1.82. The fraction of sp³-hybridized carbons (Fsp3) is 0.556. The zero-order chi connectivity index (χ0) is 14.5. The number of nitrogens with zero attached hydrogens (tertiary/aromatic N) is 3. The molecule has 1 heterocycles. The van der Waals surface area contributed by atoms with Crippen molar-refractivity contribution in [2.75, 3.05) is 0 Å². The molecule has 1 aromatic heterocycles. The van der Waals surface area contributed by atoms with Crippen molar-refractivity contribution in [2.45, 2.75) is 57.9 Å². The molecule has 3 nitrogen and oxygen atoms in total. The summed E-state index contributed by atoms with van der Waals surface area (Å²) in [6.07, 6.45) is 9.83. The Bertz CT molecular complexity index is 629. The molecule has 0 unspecified atom stereocenters. The lowest BCUT2D eigenvalue weighted by Gasteiger charge is -2.21. The molecule has 0 N–H and O–H groups in total. The third kappa shape index (κ3) is 3.26. The largest absolute Gasteiger partial charge is 0.327 e. The Morgan fingerprint density at radius 1 is 1.19 bits per heavy atom. The zero-order valence-corrected chi connectivity index (χ0v) is 12.6. The van der Waals surface area contributed by atoms with Crippen LogP contribution in [0.4, 0.5) is 0 Å². The molecule has 21 heavy (non-hydrogen) atoms. The van der Waals surface area contributed by atoms with Gasteiger partial charge >= 0.3 is 0 Å². The minimum Gasteiger partial charge on any atom is -0.327 e. The lowest BCUT2D eigenvalue weighted by Crippen LogP contribution is -2.10. The van der Waals surface area contributed by atoms with Gasteiger partial charge in [0.1, 0.15) is 5.82 Å². The number of hydrogen-bond donors (Lipinski definition) is 0. The quantitative estimate of drug-likeness (QED) is 0.811. The van der Waals surface area contributed by atoms with Crippen molar-refractivity contribution in [1.82, 2.24) is 9.55 Å². The summed E-state index contributed by atoms with van der Waals surface area (Å²) in [6.45, 7) is 0.761. The Kier molecular flexibility index (Phi) is 4.55. The van der Waals surface area contributed by atoms with E-state index in [0.29, 0.717) is 6.42 Å². The van der Waals surface area contributed by atoms with Crippen LogP contribution in [0.15, 0.2) is 24.3 Å². The molecule has 0 bridgehead atoms. The average Bonchev–Trinajstić information content (AvgIpc) is 2.89. The molecule has 0 atom stereocenters. The fourth-order valence-electron chi connectivity index (χ4n) is 3.54. The molecule has 1 fully saturated rings. The molecule has 0 radical (unpaired) electrons. The second-order valence-corrected chi connectivity index (χ2v) is 6.12. The maximum absolute atomic E-state index is 8.88. The number of imidazole rings is 1. The fourth-order valence-corrected chi connectivity index (χ4v) is 3.54. The van der Waals surface area contributed by atoms with Crippen molar-refractivity contribution in [3.8, 4) is 6.07 Å². The van der Waals surface area contributed by atoms with Crippen molar-refractivity contribution in [3.05, 3.63) is 30.1 Å². The van der Waals surface area contributed by atoms with Crippen LogP contribution in [0.2, 0.25) is 0 Å². The maximum Gasteiger partial charge on any atom is 0.109 e. The Balaban J connectivity index is 1.77. The Labute approximate surface area is 126 Å². The Morgan fingerprint density at radius 2 is 2.00 bits per heavy atom. The van der Waals surface area contributed by atoms with Crippen LogP contribution in [-0.2, 0) is 13.0 Å². The van der Waals surface area contributed by atoms with Crippen molar-refractivity contribution in [1.29, 1.82) is 5.26 Å². The summed E-state index contributed by atoms with van der Waals surface area (Å²) in [5.74, 6) is 2.04. The molecule has 2 aromatic rings. The van der Waals surface area contributed by atoms with Crippen molar-refractivity contribution >= 4 is 11.0 Å². The SMILES string of the molecule is N#CCCn1c(CCC2CCCCC2)nc2ccccc21. The molecule has 1 aliphatic carbocycles. The van der Waals surface area contributed by atoms with Gasteiger partial charge in [0.2, 0.25) is 0 Å². The van der Waals surface area contributed by atoms with Crippen LogP contribution in [0.1, 0.15) is 50.8 Å². The molecular formula is C18H23N3. The summed E-state index contributed by atoms with van der Waals surface area (Å²) >= 11 is 0. The standard InChI is InChI=1S/C18H23N3/c19-13-6-14-21-17-10-5-4-9-16(17)20-18(21)12-11-15-7-2-1-3-8-15/h4-5,9-10,15H,1-3,6-8,11-12,14H2. The third-order valence-corrected chi connectivity index (χ3v) is 4.68. The normalized spacial score (nSPS) is 16.1. The first-order valence-electron chi connectivity index (χ1n) is 8.19. The summed E-state index contributed by atoms with van der Waals surface area (Å²) in [5.41, 5.74) is 2.24. The van der Waals surface area contributed by atoms with E-state index >= 15 is 0 Å². The first kappa shape index (κ1) is 14.1. The lowest BCUT2D eigenvalue weighted by molar-refractivity contribution is 0.336. The van der Waals surface area contributed by atoms with E-state index < -0.39 is 0 Å². The minimum absolute atomic E-state index is 0.552. The van der Waals surface area contributed by atoms with Gasteiger partial charge in [-0.1, -0.05) is 44.2 Å². The average molecular weight is 281 g/mol. The minimum atomic E-state index is 0.552. The van der Waals surface area contributed by atoms with E-state index in [-0.39, 0.29) is 0 Å². The maximum atomic E-state index is 8.88. The summed E-state index contributed by atoms with van der Waals surface area (Å²) in [6, 6.07) is 10.5. The highest BCUT2D eigenvalue weighted by molar-refractivity contribution is 5.75. The van der Waals surface area contributed by atoms with Gasteiger partial charge in [0.15, 0.2) is 0 Å². The number of fused-ring (bicyclic) bond motifs is 1. The van der Waals surface area contributed by atoms with E-state index in [0.717, 1.165) is 30.2 Å². The molecular weight excluding hydrogens is 258 g/mol. The molecule has 1 saturated carbocycles. The number of rotatable bonds is 5. The van der Waals surface area contributed by atoms with Gasteiger partial charge in [-0.15, -0.1) is 0 Å². The summed E-state index contributed by atoms with van der Waals surface area (Å²) in [5, 5.41) is 8.88. The summed E-state index contributed by atoms with van der Waals surface area (Å²) in [7, 11) is 0. The van der Waals surface area contributed by atoms with Crippen LogP contribution >= 0.6 is 0 Å². The highest BCUT2D eigenvalue weighted by atomic mass is 15.1. The van der Waals surface area contributed by atoms with Gasteiger partial charge < -0.3 is 4.57 Å². The smallest absolute Gasteiger partial charge is 0.109 e. The molecule has 3 heteroatoms. The number of aryl methyl sites for hydroxylation is 2. The van der Waals surface area contributed by atoms with Crippen molar-refractivity contribution in [3.63, 3.8) is 0 Å². The van der Waals surface area contributed by atoms with Gasteiger partial charge in [-0.3, -0.25) is 0 Å². The summed E-state index contributed by atoms with van der Waals surface area (Å²) < 4.78 is 2.25. The predicted molar refractivity (Wildman–Crippen MR) is 84.9 cm³/mol. The van der Waals surface area contributed by atoms with E-state index in [1.165, 1.54) is 44.0 Å². The molecule has 0 spiro atoms. The molecule has 0 saturated heterocycles. The summed E-state index contributed by atoms with van der Waals surface area (Å²) in [4.78, 5) is 4.80. The van der Waals surface area contributed by atoms with Gasteiger partial charge in [0.25, 0.3) is 0 Å². The lowest BCUT2D eigenvalue weighted by atomic mass is 9.86. The van der Waals surface area contributed by atoms with Gasteiger partial charge in [-0.05, 0) is 24.5 Å². The number of benzene rings is 1. The molecule has 1 aromatic carbocycles. The van der Waals surface area contributed by atoms with E-state index in [1.54, 1.807) is 0 Å². The second-order valence-electron chi connectivity index (χ2n) is 6.12. The predicted octanol–water partition coefficient (Wildman–Crippen LogP) is 4.46. The molecule has 1 aliphatic rings. The van der Waals surface area contributed by atoms with Crippen LogP contribution < -0.4 is 0 Å². The van der Waals surface area contributed by atoms with E-state index in [2.05, 4.69) is 28.8 Å². The van der Waals surface area contributed by atoms with E-state index in [4.69, 9.17) is 10.2 Å². The molecule has 3 rings (SSSR count). The zero-order valence-electron chi connectivity index (χ0n) is 12.6. The van der Waals surface area contributed by atoms with Gasteiger partial charge in [-0.2, -0.15) is 5.26 Å². The van der Waals surface area contributed by atoms with Crippen LogP contribution in [0, 0.1) is 17.2 Å². The van der Waals surface area contributed by atoms with Gasteiger partial charge in [0.05, 0.1) is 23.5 Å². The molecule has 0 amide bonds. The van der Waals surface area contributed by atoms with E-state index in [9.17, 15) is 0 Å². The first-order valence-corrected chi connectivity index (χ1v) is 8.19. The molecule has 110 valence electrons. The van der Waals surface area contributed by atoms with Gasteiger partial charge in [-0.25, -0.2) is 4.98 Å². The third-order valence-electron chi connectivity index (χ3n) is 4.68. The highest BCUT2D eigenvalue weighted by Gasteiger charge is 2.16. The van der Waals surface area contributed by atoms with Crippen molar-refractivity contribution < 1.29 is 0 Å². The van der Waals surface area contributed by atoms with Crippen LogP contribution in [0.3, 0.4) is 0 Å². The second kappa shape index (κ2) is 6.76. The number of para-hydroxylation sites is 2. The highest BCUT2D eigenvalue weighted by Crippen LogP contribution is 2.28. The number of nitriles is 1. The number of hydrogen-bond acceptors (Lipinski definition) is 2. The first-order chi connectivity index (χ1) is 10.4.